The Labute approximate surface area is 229 Å². The van der Waals surface area contributed by atoms with Crippen molar-refractivity contribution < 1.29 is 9.53 Å². The van der Waals surface area contributed by atoms with Gasteiger partial charge in [0, 0.05) is 81.7 Å². The molecule has 3 aromatic heterocycles. The zero-order valence-corrected chi connectivity index (χ0v) is 23.6. The monoisotopic (exact) mass is 536 g/mol. The standard InChI is InChI=1S/C27H40N10O2/c1-18(2)37-22-12-23(29-14-21(22)15-30-37)31-24-13-25(33-26(32-24)34-9-6-7-10-34)35-16-20(4)36(17-19(35)3)27(38)28-8-11-39-5/h12-15,18-20H,6-11,16-17H2,1-5H3,(H,28,38)(H,29,31,32,33). The number of nitrogens with one attached hydrogen (secondary N) is 2. The van der Waals surface area contributed by atoms with E-state index in [1.807, 2.05) is 34.1 Å². The molecule has 2 amide bonds. The number of rotatable bonds is 8. The average molecular weight is 537 g/mol. The van der Waals surface area contributed by atoms with E-state index in [1.165, 1.54) is 0 Å². The molecule has 0 aliphatic carbocycles. The molecular formula is C27H40N10O2. The van der Waals surface area contributed by atoms with E-state index in [1.54, 1.807) is 7.11 Å². The van der Waals surface area contributed by atoms with E-state index < -0.39 is 0 Å². The normalized spacial score (nSPS) is 19.8. The lowest BCUT2D eigenvalue weighted by Gasteiger charge is -2.44. The van der Waals surface area contributed by atoms with Gasteiger partial charge in [-0.15, -0.1) is 0 Å². The molecule has 5 rings (SSSR count). The Balaban J connectivity index is 1.41. The van der Waals surface area contributed by atoms with Crippen molar-refractivity contribution in [3.8, 4) is 0 Å². The van der Waals surface area contributed by atoms with Crippen molar-refractivity contribution >= 4 is 40.3 Å². The number of methoxy groups -OCH3 is 1. The molecule has 2 fully saturated rings. The lowest BCUT2D eigenvalue weighted by molar-refractivity contribution is 0.153. The van der Waals surface area contributed by atoms with Crippen LogP contribution < -0.4 is 20.4 Å². The maximum atomic E-state index is 12.8. The molecule has 0 aromatic carbocycles. The van der Waals surface area contributed by atoms with E-state index in [9.17, 15) is 4.79 Å². The minimum Gasteiger partial charge on any atom is -0.383 e. The average Bonchev–Trinajstić information content (AvgIpc) is 3.60. The predicted molar refractivity (Wildman–Crippen MR) is 153 cm³/mol. The first-order chi connectivity index (χ1) is 18.8. The quantitative estimate of drug-likeness (QED) is 0.418. The van der Waals surface area contributed by atoms with Gasteiger partial charge in [0.25, 0.3) is 0 Å². The first kappa shape index (κ1) is 26.9. The summed E-state index contributed by atoms with van der Waals surface area (Å²) in [5.41, 5.74) is 1.03. The summed E-state index contributed by atoms with van der Waals surface area (Å²) in [5.74, 6) is 2.98. The second-order valence-electron chi connectivity index (χ2n) is 10.8. The second-order valence-corrected chi connectivity index (χ2v) is 10.8. The van der Waals surface area contributed by atoms with Gasteiger partial charge in [-0.1, -0.05) is 0 Å². The van der Waals surface area contributed by atoms with Gasteiger partial charge in [0.05, 0.1) is 18.3 Å². The molecule has 0 radical (unpaired) electrons. The number of anilines is 4. The summed E-state index contributed by atoms with van der Waals surface area (Å²) < 4.78 is 7.07. The van der Waals surface area contributed by atoms with Crippen LogP contribution in [0.5, 0.6) is 0 Å². The Morgan fingerprint density at radius 2 is 1.87 bits per heavy atom. The molecule has 0 bridgehead atoms. The number of hydrogen-bond acceptors (Lipinski definition) is 9. The molecule has 2 unspecified atom stereocenters. The zero-order valence-electron chi connectivity index (χ0n) is 23.6. The Kier molecular flexibility index (Phi) is 8.01. The highest BCUT2D eigenvalue weighted by Gasteiger charge is 2.33. The van der Waals surface area contributed by atoms with Crippen molar-refractivity contribution in [1.29, 1.82) is 0 Å². The van der Waals surface area contributed by atoms with Crippen LogP contribution in [0.3, 0.4) is 0 Å². The van der Waals surface area contributed by atoms with Gasteiger partial charge in [-0.2, -0.15) is 15.1 Å². The molecule has 12 nitrogen and oxygen atoms in total. The van der Waals surface area contributed by atoms with Crippen LogP contribution in [0.4, 0.5) is 28.2 Å². The number of hydrogen-bond donors (Lipinski definition) is 2. The summed E-state index contributed by atoms with van der Waals surface area (Å²) in [6.07, 6.45) is 5.96. The van der Waals surface area contributed by atoms with Crippen LogP contribution in [0.1, 0.15) is 46.6 Å². The molecule has 12 heteroatoms. The van der Waals surface area contributed by atoms with Crippen molar-refractivity contribution in [3.05, 3.63) is 24.5 Å². The van der Waals surface area contributed by atoms with Gasteiger partial charge < -0.3 is 30.1 Å². The number of carbonyl (C=O) groups is 1. The number of ether oxygens (including phenoxy) is 1. The largest absolute Gasteiger partial charge is 0.383 e. The number of fused-ring (bicyclic) bond motifs is 1. The fourth-order valence-corrected chi connectivity index (χ4v) is 5.33. The van der Waals surface area contributed by atoms with E-state index in [-0.39, 0.29) is 24.2 Å². The molecule has 3 aromatic rings. The predicted octanol–water partition coefficient (Wildman–Crippen LogP) is 3.40. The van der Waals surface area contributed by atoms with Gasteiger partial charge in [-0.25, -0.2) is 9.78 Å². The minimum atomic E-state index is -0.0593. The maximum absolute atomic E-state index is 12.8. The summed E-state index contributed by atoms with van der Waals surface area (Å²) in [4.78, 5) is 33.7. The summed E-state index contributed by atoms with van der Waals surface area (Å²) >= 11 is 0. The third-order valence-electron chi connectivity index (χ3n) is 7.44. The van der Waals surface area contributed by atoms with Crippen molar-refractivity contribution in [3.63, 3.8) is 0 Å². The third kappa shape index (κ3) is 5.85. The molecule has 2 atom stereocenters. The van der Waals surface area contributed by atoms with Gasteiger partial charge in [-0.3, -0.25) is 4.68 Å². The highest BCUT2D eigenvalue weighted by Crippen LogP contribution is 2.29. The Morgan fingerprint density at radius 3 is 2.62 bits per heavy atom. The molecule has 210 valence electrons. The Hall–Kier alpha value is -3.67. The van der Waals surface area contributed by atoms with Gasteiger partial charge in [0.15, 0.2) is 0 Å². The first-order valence-electron chi connectivity index (χ1n) is 13.9. The van der Waals surface area contributed by atoms with Crippen LogP contribution in [0.15, 0.2) is 24.5 Å². The molecule has 2 aliphatic heterocycles. The molecule has 0 saturated carbocycles. The highest BCUT2D eigenvalue weighted by molar-refractivity contribution is 5.81. The molecule has 39 heavy (non-hydrogen) atoms. The number of amides is 2. The lowest BCUT2D eigenvalue weighted by Crippen LogP contribution is -2.60. The second kappa shape index (κ2) is 11.6. The van der Waals surface area contributed by atoms with Gasteiger partial charge in [-0.05, 0) is 40.5 Å². The lowest BCUT2D eigenvalue weighted by atomic mass is 10.1. The molecule has 2 N–H and O–H groups in total. The number of pyridine rings is 1. The van der Waals surface area contributed by atoms with Crippen LogP contribution in [-0.4, -0.2) is 94.2 Å². The van der Waals surface area contributed by atoms with E-state index >= 15 is 0 Å². The number of piperazine rings is 1. The number of urea groups is 1. The summed E-state index contributed by atoms with van der Waals surface area (Å²) in [6, 6.07) is 4.29. The van der Waals surface area contributed by atoms with Crippen molar-refractivity contribution in [2.75, 3.05) is 61.6 Å². The molecule has 2 aliphatic rings. The minimum absolute atomic E-state index is 0.0192. The SMILES string of the molecule is COCCNC(=O)N1CC(C)N(c2cc(Nc3cc4c(cn3)cnn4C(C)C)nc(N3CCCC3)n2)CC1C. The maximum Gasteiger partial charge on any atom is 0.317 e. The van der Waals surface area contributed by atoms with Crippen LogP contribution in [-0.2, 0) is 4.74 Å². The highest BCUT2D eigenvalue weighted by atomic mass is 16.5. The Morgan fingerprint density at radius 1 is 1.08 bits per heavy atom. The van der Waals surface area contributed by atoms with E-state index in [2.05, 4.69) is 58.2 Å². The smallest absolute Gasteiger partial charge is 0.317 e. The number of aromatic nitrogens is 5. The molecular weight excluding hydrogens is 496 g/mol. The summed E-state index contributed by atoms with van der Waals surface area (Å²) in [6.45, 7) is 12.6. The molecule has 2 saturated heterocycles. The van der Waals surface area contributed by atoms with Gasteiger partial charge >= 0.3 is 6.03 Å². The molecule has 5 heterocycles. The topological polar surface area (TPSA) is 117 Å². The summed E-state index contributed by atoms with van der Waals surface area (Å²) in [7, 11) is 1.63. The van der Waals surface area contributed by atoms with Crippen LogP contribution in [0.2, 0.25) is 0 Å². The van der Waals surface area contributed by atoms with Crippen molar-refractivity contribution in [2.45, 2.75) is 58.7 Å². The zero-order chi connectivity index (χ0) is 27.5. The van der Waals surface area contributed by atoms with Crippen LogP contribution in [0.25, 0.3) is 10.9 Å². The summed E-state index contributed by atoms with van der Waals surface area (Å²) in [5, 5.41) is 11.9. The van der Waals surface area contributed by atoms with E-state index in [0.29, 0.717) is 37.9 Å². The fraction of sp³-hybridized carbons (Fsp3) is 0.593. The number of nitrogens with zero attached hydrogens (tertiary/aromatic N) is 8. The van der Waals surface area contributed by atoms with Crippen molar-refractivity contribution in [2.24, 2.45) is 0 Å². The van der Waals surface area contributed by atoms with Gasteiger partial charge in [0.2, 0.25) is 5.95 Å². The van der Waals surface area contributed by atoms with E-state index in [0.717, 1.165) is 48.6 Å². The Bertz CT molecular complexity index is 1290. The number of carbonyl (C=O) groups excluding carboxylic acids is 1. The van der Waals surface area contributed by atoms with E-state index in [4.69, 9.17) is 14.7 Å². The van der Waals surface area contributed by atoms with Crippen LogP contribution in [0, 0.1) is 0 Å². The first-order valence-corrected chi connectivity index (χ1v) is 13.9. The van der Waals surface area contributed by atoms with Crippen LogP contribution >= 0.6 is 0 Å². The van der Waals surface area contributed by atoms with Gasteiger partial charge in [0.1, 0.15) is 17.5 Å². The molecule has 0 spiro atoms. The third-order valence-corrected chi connectivity index (χ3v) is 7.44. The fourth-order valence-electron chi connectivity index (χ4n) is 5.33. The van der Waals surface area contributed by atoms with Crippen molar-refractivity contribution in [1.82, 2.24) is 34.9 Å².